The lowest BCUT2D eigenvalue weighted by Crippen LogP contribution is -2.04. The van der Waals surface area contributed by atoms with Crippen LogP contribution in [0.2, 0.25) is 0 Å². The van der Waals surface area contributed by atoms with Gasteiger partial charge in [0.1, 0.15) is 11.4 Å². The van der Waals surface area contributed by atoms with Gasteiger partial charge in [-0.15, -0.1) is 0 Å². The van der Waals surface area contributed by atoms with Crippen LogP contribution in [0.4, 0.5) is 0 Å². The van der Waals surface area contributed by atoms with Crippen LogP contribution in [0, 0.1) is 0 Å². The Morgan fingerprint density at radius 3 is 2.55 bits per heavy atom. The Balaban J connectivity index is 1.96. The lowest BCUT2D eigenvalue weighted by Gasteiger charge is -2.08. The highest BCUT2D eigenvalue weighted by molar-refractivity contribution is 5.85. The van der Waals surface area contributed by atoms with E-state index in [-0.39, 0.29) is 0 Å². The molecule has 4 heteroatoms. The largest absolute Gasteiger partial charge is 0.497 e. The maximum Gasteiger partial charge on any atom is 0.153 e. The van der Waals surface area contributed by atoms with E-state index in [9.17, 15) is 4.79 Å². The van der Waals surface area contributed by atoms with Gasteiger partial charge in [-0.1, -0.05) is 12.8 Å². The minimum atomic E-state index is 0.445. The third-order valence-corrected chi connectivity index (χ3v) is 3.95. The molecule has 1 aliphatic rings. The van der Waals surface area contributed by atoms with Crippen molar-refractivity contribution in [2.24, 2.45) is 0 Å². The van der Waals surface area contributed by atoms with Gasteiger partial charge in [0.05, 0.1) is 18.7 Å². The molecule has 1 aromatic carbocycles. The molecule has 4 nitrogen and oxygen atoms in total. The number of carbonyl (C=O) groups is 1. The first kappa shape index (κ1) is 12.9. The van der Waals surface area contributed by atoms with Gasteiger partial charge in [0.2, 0.25) is 0 Å². The van der Waals surface area contributed by atoms with E-state index in [2.05, 4.69) is 5.10 Å². The summed E-state index contributed by atoms with van der Waals surface area (Å²) in [4.78, 5) is 11.3. The van der Waals surface area contributed by atoms with Crippen molar-refractivity contribution in [2.75, 3.05) is 7.11 Å². The highest BCUT2D eigenvalue weighted by atomic mass is 16.5. The first-order valence-electron chi connectivity index (χ1n) is 7.00. The molecule has 1 saturated carbocycles. The molecule has 0 bridgehead atoms. The number of rotatable bonds is 4. The average molecular weight is 270 g/mol. The van der Waals surface area contributed by atoms with Crippen molar-refractivity contribution in [2.45, 2.75) is 31.7 Å². The van der Waals surface area contributed by atoms with Gasteiger partial charge < -0.3 is 4.74 Å². The van der Waals surface area contributed by atoms with Crippen LogP contribution in [0.5, 0.6) is 5.75 Å². The maximum atomic E-state index is 11.3. The number of benzene rings is 1. The van der Waals surface area contributed by atoms with Crippen LogP contribution in [0.15, 0.2) is 30.5 Å². The fraction of sp³-hybridized carbons (Fsp3) is 0.375. The van der Waals surface area contributed by atoms with Crippen molar-refractivity contribution in [3.63, 3.8) is 0 Å². The van der Waals surface area contributed by atoms with E-state index >= 15 is 0 Å². The minimum absolute atomic E-state index is 0.445. The van der Waals surface area contributed by atoms with Crippen LogP contribution in [0.1, 0.15) is 42.1 Å². The Kier molecular flexibility index (Phi) is 3.54. The van der Waals surface area contributed by atoms with Crippen molar-refractivity contribution < 1.29 is 9.53 Å². The van der Waals surface area contributed by atoms with E-state index in [1.165, 1.54) is 12.8 Å². The second-order valence-corrected chi connectivity index (χ2v) is 5.20. The highest BCUT2D eigenvalue weighted by Crippen LogP contribution is 2.31. The van der Waals surface area contributed by atoms with Crippen LogP contribution in [-0.4, -0.2) is 23.2 Å². The lowest BCUT2D eigenvalue weighted by molar-refractivity contribution is 0.112. The zero-order valence-corrected chi connectivity index (χ0v) is 11.6. The first-order chi connectivity index (χ1) is 9.81. The molecule has 0 aliphatic heterocycles. The Labute approximate surface area is 118 Å². The summed E-state index contributed by atoms with van der Waals surface area (Å²) in [5, 5.41) is 4.63. The van der Waals surface area contributed by atoms with Crippen LogP contribution in [0.3, 0.4) is 0 Å². The number of nitrogens with zero attached hydrogens (tertiary/aromatic N) is 2. The Hall–Kier alpha value is -2.10. The number of aromatic nitrogens is 2. The summed E-state index contributed by atoms with van der Waals surface area (Å²) in [6, 6.07) is 8.10. The number of hydrogen-bond donors (Lipinski definition) is 0. The number of ether oxygens (including phenoxy) is 1. The molecule has 1 heterocycles. The third-order valence-electron chi connectivity index (χ3n) is 3.95. The third kappa shape index (κ3) is 2.33. The van der Waals surface area contributed by atoms with Gasteiger partial charge in [0, 0.05) is 11.8 Å². The summed E-state index contributed by atoms with van der Waals surface area (Å²) >= 11 is 0. The van der Waals surface area contributed by atoms with E-state index in [1.54, 1.807) is 7.11 Å². The monoisotopic (exact) mass is 270 g/mol. The minimum Gasteiger partial charge on any atom is -0.497 e. The molecule has 20 heavy (non-hydrogen) atoms. The van der Waals surface area contributed by atoms with Gasteiger partial charge in [-0.3, -0.25) is 9.48 Å². The van der Waals surface area contributed by atoms with Gasteiger partial charge in [-0.05, 0) is 37.1 Å². The number of methoxy groups -OCH3 is 1. The summed E-state index contributed by atoms with van der Waals surface area (Å²) in [6.07, 6.45) is 7.57. The van der Waals surface area contributed by atoms with Crippen LogP contribution in [-0.2, 0) is 0 Å². The number of hydrogen-bond acceptors (Lipinski definition) is 3. The molecular weight excluding hydrogens is 252 g/mol. The van der Waals surface area contributed by atoms with E-state index in [1.807, 2.05) is 35.1 Å². The molecule has 1 aromatic heterocycles. The van der Waals surface area contributed by atoms with E-state index in [4.69, 9.17) is 4.74 Å². The van der Waals surface area contributed by atoms with E-state index in [0.29, 0.717) is 11.6 Å². The Morgan fingerprint density at radius 2 is 1.95 bits per heavy atom. The molecule has 104 valence electrons. The van der Waals surface area contributed by atoms with Gasteiger partial charge in [0.25, 0.3) is 0 Å². The van der Waals surface area contributed by atoms with Crippen LogP contribution < -0.4 is 4.74 Å². The summed E-state index contributed by atoms with van der Waals surface area (Å²) in [5.41, 5.74) is 2.36. The first-order valence-corrected chi connectivity index (χ1v) is 7.00. The second-order valence-electron chi connectivity index (χ2n) is 5.20. The second kappa shape index (κ2) is 5.49. The standard InChI is InChI=1S/C16H18N2O2/c1-20-15-8-6-12(7-9-15)16-13(11-19)10-18(17-16)14-4-2-3-5-14/h6-11,14H,2-5H2,1H3. The molecule has 1 fully saturated rings. The van der Waals surface area contributed by atoms with Gasteiger partial charge in [-0.2, -0.15) is 5.10 Å². The zero-order chi connectivity index (χ0) is 13.9. The molecule has 0 unspecified atom stereocenters. The number of carbonyl (C=O) groups excluding carboxylic acids is 1. The van der Waals surface area contributed by atoms with Crippen LogP contribution in [0.25, 0.3) is 11.3 Å². The topological polar surface area (TPSA) is 44.1 Å². The fourth-order valence-electron chi connectivity index (χ4n) is 2.82. The van der Waals surface area contributed by atoms with Crippen LogP contribution >= 0.6 is 0 Å². The molecule has 1 aliphatic carbocycles. The van der Waals surface area contributed by atoms with Gasteiger partial charge in [-0.25, -0.2) is 0 Å². The summed E-state index contributed by atoms with van der Waals surface area (Å²) in [7, 11) is 1.64. The molecule has 0 radical (unpaired) electrons. The predicted molar refractivity (Wildman–Crippen MR) is 77.1 cm³/mol. The van der Waals surface area contributed by atoms with Crippen molar-refractivity contribution in [1.29, 1.82) is 0 Å². The van der Waals surface area contributed by atoms with E-state index in [0.717, 1.165) is 36.1 Å². The molecule has 0 saturated heterocycles. The highest BCUT2D eigenvalue weighted by Gasteiger charge is 2.20. The molecular formula is C16H18N2O2. The molecule has 0 amide bonds. The van der Waals surface area contributed by atoms with Crippen molar-refractivity contribution >= 4 is 6.29 Å². The normalized spacial score (nSPS) is 15.4. The molecule has 0 spiro atoms. The number of aldehydes is 1. The van der Waals surface area contributed by atoms with Crippen molar-refractivity contribution in [1.82, 2.24) is 9.78 Å². The van der Waals surface area contributed by atoms with Gasteiger partial charge in [0.15, 0.2) is 6.29 Å². The molecule has 2 aromatic rings. The quantitative estimate of drug-likeness (QED) is 0.799. The zero-order valence-electron chi connectivity index (χ0n) is 11.6. The fourth-order valence-corrected chi connectivity index (χ4v) is 2.82. The molecule has 0 atom stereocenters. The molecule has 0 N–H and O–H groups in total. The lowest BCUT2D eigenvalue weighted by atomic mass is 10.1. The summed E-state index contributed by atoms with van der Waals surface area (Å²) < 4.78 is 7.12. The van der Waals surface area contributed by atoms with E-state index < -0.39 is 0 Å². The van der Waals surface area contributed by atoms with Crippen molar-refractivity contribution in [3.8, 4) is 17.0 Å². The Bertz CT molecular complexity index is 595. The predicted octanol–water partition coefficient (Wildman–Crippen LogP) is 3.49. The smallest absolute Gasteiger partial charge is 0.153 e. The maximum absolute atomic E-state index is 11.3. The van der Waals surface area contributed by atoms with Gasteiger partial charge >= 0.3 is 0 Å². The Morgan fingerprint density at radius 1 is 1.25 bits per heavy atom. The average Bonchev–Trinajstić information content (AvgIpc) is 3.16. The SMILES string of the molecule is COc1ccc(-c2nn(C3CCCC3)cc2C=O)cc1. The summed E-state index contributed by atoms with van der Waals surface area (Å²) in [5.74, 6) is 0.802. The molecule has 3 rings (SSSR count). The summed E-state index contributed by atoms with van der Waals surface area (Å²) in [6.45, 7) is 0. The van der Waals surface area contributed by atoms with Crippen molar-refractivity contribution in [3.05, 3.63) is 36.0 Å².